The summed E-state index contributed by atoms with van der Waals surface area (Å²) in [6, 6.07) is 11.2. The van der Waals surface area contributed by atoms with Crippen molar-refractivity contribution in [3.05, 3.63) is 58.6 Å². The number of thioether (sulfide) groups is 1. The number of amides is 2. The molecule has 1 fully saturated rings. The number of nitrogens with zero attached hydrogens (tertiary/aromatic N) is 2. The number of rotatable bonds is 5. The average Bonchev–Trinajstić information content (AvgIpc) is 2.93. The summed E-state index contributed by atoms with van der Waals surface area (Å²) in [6.07, 6.45) is -0.0257. The molecule has 1 atom stereocenters. The summed E-state index contributed by atoms with van der Waals surface area (Å²) >= 11 is 7.25. The fourth-order valence-corrected chi connectivity index (χ4v) is 3.99. The highest BCUT2D eigenvalue weighted by molar-refractivity contribution is 8.15. The number of aromatic carboxylic acids is 1. The Morgan fingerprint density at radius 3 is 2.59 bits per heavy atom. The van der Waals surface area contributed by atoms with Crippen LogP contribution in [0.2, 0.25) is 5.02 Å². The molecule has 0 aliphatic carbocycles. The lowest BCUT2D eigenvalue weighted by Crippen LogP contribution is -2.30. The summed E-state index contributed by atoms with van der Waals surface area (Å²) in [7, 11) is 1.62. The van der Waals surface area contributed by atoms with Crippen LogP contribution in [0.25, 0.3) is 0 Å². The average molecular weight is 432 g/mol. The van der Waals surface area contributed by atoms with Crippen LogP contribution in [0.3, 0.4) is 0 Å². The van der Waals surface area contributed by atoms with Crippen molar-refractivity contribution in [3.8, 4) is 0 Å². The number of carbonyl (C=O) groups excluding carboxylic acids is 2. The van der Waals surface area contributed by atoms with E-state index in [2.05, 4.69) is 10.3 Å². The fraction of sp³-hybridized carbons (Fsp3) is 0.200. The van der Waals surface area contributed by atoms with Crippen molar-refractivity contribution in [1.82, 2.24) is 4.90 Å². The second-order valence-corrected chi connectivity index (χ2v) is 8.07. The van der Waals surface area contributed by atoms with Gasteiger partial charge in [0.05, 0.1) is 11.3 Å². The first-order valence-electron chi connectivity index (χ1n) is 8.67. The van der Waals surface area contributed by atoms with Gasteiger partial charge in [0.2, 0.25) is 11.8 Å². The Morgan fingerprint density at radius 2 is 1.93 bits per heavy atom. The van der Waals surface area contributed by atoms with E-state index in [-0.39, 0.29) is 23.8 Å². The second-order valence-electron chi connectivity index (χ2n) is 6.46. The molecule has 0 spiro atoms. The molecule has 7 nitrogen and oxygen atoms in total. The number of benzene rings is 2. The quantitative estimate of drug-likeness (QED) is 0.747. The lowest BCUT2D eigenvalue weighted by atomic mass is 10.2. The molecule has 29 heavy (non-hydrogen) atoms. The number of hydrogen-bond donors (Lipinski definition) is 2. The molecule has 1 aliphatic heterocycles. The van der Waals surface area contributed by atoms with Crippen molar-refractivity contribution >= 4 is 57.7 Å². The number of amidine groups is 1. The van der Waals surface area contributed by atoms with Gasteiger partial charge in [0.25, 0.3) is 0 Å². The van der Waals surface area contributed by atoms with Crippen LogP contribution in [0.4, 0.5) is 11.4 Å². The normalized spacial score (nSPS) is 17.6. The van der Waals surface area contributed by atoms with Gasteiger partial charge >= 0.3 is 5.97 Å². The van der Waals surface area contributed by atoms with Crippen molar-refractivity contribution in [2.75, 3.05) is 12.4 Å². The Bertz CT molecular complexity index is 1010. The molecule has 2 aromatic rings. The van der Waals surface area contributed by atoms with Crippen LogP contribution in [0.1, 0.15) is 22.3 Å². The zero-order chi connectivity index (χ0) is 21.1. The molecular formula is C20H18ClN3O4S. The molecule has 1 aliphatic rings. The molecular weight excluding hydrogens is 414 g/mol. The monoisotopic (exact) mass is 431 g/mol. The van der Waals surface area contributed by atoms with E-state index in [1.54, 1.807) is 19.2 Å². The van der Waals surface area contributed by atoms with Crippen LogP contribution in [0.15, 0.2) is 47.5 Å². The second kappa shape index (κ2) is 8.67. The molecule has 0 aromatic heterocycles. The first-order chi connectivity index (χ1) is 13.7. The number of carboxylic acids is 1. The van der Waals surface area contributed by atoms with Gasteiger partial charge in [-0.2, -0.15) is 0 Å². The Balaban J connectivity index is 1.67. The van der Waals surface area contributed by atoms with E-state index in [4.69, 9.17) is 16.7 Å². The van der Waals surface area contributed by atoms with Gasteiger partial charge < -0.3 is 10.4 Å². The minimum absolute atomic E-state index is 0.0257. The molecule has 0 saturated carbocycles. The van der Waals surface area contributed by atoms with Crippen LogP contribution in [-0.4, -0.2) is 45.3 Å². The van der Waals surface area contributed by atoms with Gasteiger partial charge in [0.1, 0.15) is 5.25 Å². The number of anilines is 1. The van der Waals surface area contributed by atoms with Gasteiger partial charge in [-0.15, -0.1) is 0 Å². The SMILES string of the molecule is Cc1ccc(Cl)cc1N=C1S[C@@H](CC(=O)Nc2ccc(C(=O)O)cc2)C(=O)N1C. The third-order valence-corrected chi connectivity index (χ3v) is 5.78. The Kier molecular flexibility index (Phi) is 6.24. The lowest BCUT2D eigenvalue weighted by molar-refractivity contribution is -0.127. The lowest BCUT2D eigenvalue weighted by Gasteiger charge is -2.10. The minimum atomic E-state index is -1.04. The molecule has 0 bridgehead atoms. The van der Waals surface area contributed by atoms with Crippen molar-refractivity contribution in [3.63, 3.8) is 0 Å². The molecule has 2 N–H and O–H groups in total. The van der Waals surface area contributed by atoms with Gasteiger partial charge in [0, 0.05) is 24.2 Å². The van der Waals surface area contributed by atoms with Crippen LogP contribution < -0.4 is 5.32 Å². The standard InChI is InChI=1S/C20H18ClN3O4S/c1-11-3-6-13(21)9-15(11)23-20-24(2)18(26)16(29-20)10-17(25)22-14-7-4-12(5-8-14)19(27)28/h3-9,16H,10H2,1-2H3,(H,22,25)(H,27,28)/t16-/m0/s1. The summed E-state index contributed by atoms with van der Waals surface area (Å²) in [5.41, 5.74) is 2.19. The van der Waals surface area contributed by atoms with E-state index in [1.165, 1.54) is 40.9 Å². The van der Waals surface area contributed by atoms with E-state index in [0.717, 1.165) is 5.56 Å². The van der Waals surface area contributed by atoms with Crippen molar-refractivity contribution < 1.29 is 19.5 Å². The Labute approximate surface area is 176 Å². The maximum absolute atomic E-state index is 12.5. The predicted octanol–water partition coefficient (Wildman–Crippen LogP) is 3.94. The van der Waals surface area contributed by atoms with Gasteiger partial charge in [-0.25, -0.2) is 9.79 Å². The molecule has 3 rings (SSSR count). The first-order valence-corrected chi connectivity index (χ1v) is 9.92. The van der Waals surface area contributed by atoms with E-state index in [9.17, 15) is 14.4 Å². The summed E-state index contributed by atoms with van der Waals surface area (Å²) in [4.78, 5) is 41.7. The third-order valence-electron chi connectivity index (χ3n) is 4.31. The summed E-state index contributed by atoms with van der Waals surface area (Å²) in [5.74, 6) is -1.59. The van der Waals surface area contributed by atoms with Crippen LogP contribution >= 0.6 is 23.4 Å². The number of aryl methyl sites for hydroxylation is 1. The summed E-state index contributed by atoms with van der Waals surface area (Å²) in [6.45, 7) is 1.90. The highest BCUT2D eigenvalue weighted by Gasteiger charge is 2.37. The van der Waals surface area contributed by atoms with Gasteiger partial charge in [-0.1, -0.05) is 29.4 Å². The molecule has 1 heterocycles. The number of halogens is 1. The fourth-order valence-electron chi connectivity index (χ4n) is 2.68. The van der Waals surface area contributed by atoms with Crippen molar-refractivity contribution in [1.29, 1.82) is 0 Å². The van der Waals surface area contributed by atoms with Crippen LogP contribution in [-0.2, 0) is 9.59 Å². The number of carbonyl (C=O) groups is 3. The Morgan fingerprint density at radius 1 is 1.24 bits per heavy atom. The maximum atomic E-state index is 12.5. The molecule has 9 heteroatoms. The van der Waals surface area contributed by atoms with Gasteiger partial charge in [-0.3, -0.25) is 14.5 Å². The van der Waals surface area contributed by atoms with Crippen LogP contribution in [0, 0.1) is 6.92 Å². The van der Waals surface area contributed by atoms with E-state index < -0.39 is 11.2 Å². The maximum Gasteiger partial charge on any atom is 0.335 e. The molecule has 2 amide bonds. The molecule has 0 unspecified atom stereocenters. The zero-order valence-corrected chi connectivity index (χ0v) is 17.3. The van der Waals surface area contributed by atoms with Crippen molar-refractivity contribution in [2.45, 2.75) is 18.6 Å². The highest BCUT2D eigenvalue weighted by Crippen LogP contribution is 2.32. The number of aliphatic imine (C=N–C) groups is 1. The van der Waals surface area contributed by atoms with Gasteiger partial charge in [-0.05, 0) is 48.9 Å². The van der Waals surface area contributed by atoms with Crippen molar-refractivity contribution in [2.24, 2.45) is 4.99 Å². The molecule has 1 saturated heterocycles. The van der Waals surface area contributed by atoms with Crippen LogP contribution in [0.5, 0.6) is 0 Å². The molecule has 150 valence electrons. The first kappa shape index (κ1) is 20.9. The minimum Gasteiger partial charge on any atom is -0.478 e. The summed E-state index contributed by atoms with van der Waals surface area (Å²) in [5, 5.41) is 12.1. The largest absolute Gasteiger partial charge is 0.478 e. The zero-order valence-electron chi connectivity index (χ0n) is 15.7. The highest BCUT2D eigenvalue weighted by atomic mass is 35.5. The number of hydrogen-bond acceptors (Lipinski definition) is 5. The Hall–Kier alpha value is -2.84. The summed E-state index contributed by atoms with van der Waals surface area (Å²) < 4.78 is 0. The third kappa shape index (κ3) is 4.96. The topological polar surface area (TPSA) is 99.1 Å². The van der Waals surface area contributed by atoms with E-state index >= 15 is 0 Å². The smallest absolute Gasteiger partial charge is 0.335 e. The predicted molar refractivity (Wildman–Crippen MR) is 114 cm³/mol. The van der Waals surface area contributed by atoms with Gasteiger partial charge in [0.15, 0.2) is 5.17 Å². The molecule has 2 aromatic carbocycles. The molecule has 0 radical (unpaired) electrons. The number of nitrogens with one attached hydrogen (secondary N) is 1. The van der Waals surface area contributed by atoms with E-state index in [1.807, 2.05) is 13.0 Å². The number of carboxylic acid groups (broad SMARTS) is 1. The van der Waals surface area contributed by atoms with E-state index in [0.29, 0.717) is 21.6 Å².